The van der Waals surface area contributed by atoms with E-state index in [1.54, 1.807) is 6.92 Å². The SMILES string of the molecule is CCN(CCC(=O)O)S(=O)(=O)c1cccc(C(=O)OC)c1. The first kappa shape index (κ1) is 17.1. The van der Waals surface area contributed by atoms with Gasteiger partial charge in [0.15, 0.2) is 0 Å². The van der Waals surface area contributed by atoms with Crippen molar-refractivity contribution in [2.24, 2.45) is 0 Å². The van der Waals surface area contributed by atoms with Gasteiger partial charge in [0.2, 0.25) is 10.0 Å². The van der Waals surface area contributed by atoms with Gasteiger partial charge >= 0.3 is 11.9 Å². The number of benzene rings is 1. The molecule has 1 N–H and O–H groups in total. The lowest BCUT2D eigenvalue weighted by Crippen LogP contribution is -2.33. The summed E-state index contributed by atoms with van der Waals surface area (Å²) in [5.41, 5.74) is 0.118. The lowest BCUT2D eigenvalue weighted by atomic mass is 10.2. The van der Waals surface area contributed by atoms with Crippen LogP contribution in [0.1, 0.15) is 23.7 Å². The highest BCUT2D eigenvalue weighted by atomic mass is 32.2. The van der Waals surface area contributed by atoms with Crippen LogP contribution in [0.15, 0.2) is 29.2 Å². The minimum absolute atomic E-state index is 0.0716. The number of hydrogen-bond donors (Lipinski definition) is 1. The molecule has 21 heavy (non-hydrogen) atoms. The number of carboxylic acid groups (broad SMARTS) is 1. The van der Waals surface area contributed by atoms with E-state index in [1.165, 1.54) is 31.4 Å². The number of methoxy groups -OCH3 is 1. The molecule has 8 heteroatoms. The lowest BCUT2D eigenvalue weighted by molar-refractivity contribution is -0.137. The van der Waals surface area contributed by atoms with Gasteiger partial charge in [-0.05, 0) is 18.2 Å². The fourth-order valence-electron chi connectivity index (χ4n) is 1.72. The molecule has 0 aliphatic heterocycles. The summed E-state index contributed by atoms with van der Waals surface area (Å²) in [5, 5.41) is 8.66. The van der Waals surface area contributed by atoms with Crippen LogP contribution in [0.3, 0.4) is 0 Å². The van der Waals surface area contributed by atoms with E-state index in [1.807, 2.05) is 0 Å². The smallest absolute Gasteiger partial charge is 0.337 e. The molecular weight excluding hydrogens is 298 g/mol. The maximum absolute atomic E-state index is 12.4. The summed E-state index contributed by atoms with van der Waals surface area (Å²) in [6.45, 7) is 1.62. The summed E-state index contributed by atoms with van der Waals surface area (Å²) in [7, 11) is -2.65. The third-order valence-corrected chi connectivity index (χ3v) is 4.79. The number of carboxylic acids is 1. The third-order valence-electron chi connectivity index (χ3n) is 2.82. The minimum atomic E-state index is -3.85. The van der Waals surface area contributed by atoms with Crippen LogP contribution in [0.5, 0.6) is 0 Å². The number of ether oxygens (including phenoxy) is 1. The highest BCUT2D eigenvalue weighted by molar-refractivity contribution is 7.89. The van der Waals surface area contributed by atoms with E-state index in [-0.39, 0.29) is 30.0 Å². The molecule has 0 saturated heterocycles. The summed E-state index contributed by atoms with van der Waals surface area (Å²) in [4.78, 5) is 21.9. The summed E-state index contributed by atoms with van der Waals surface area (Å²) in [6.07, 6.45) is -0.288. The van der Waals surface area contributed by atoms with Gasteiger partial charge in [-0.15, -0.1) is 0 Å². The molecule has 0 aromatic heterocycles. The molecule has 1 aromatic carbocycles. The molecule has 0 amide bonds. The number of hydrogen-bond acceptors (Lipinski definition) is 5. The summed E-state index contributed by atoms with van der Waals surface area (Å²) < 4.78 is 30.4. The number of rotatable bonds is 7. The Morgan fingerprint density at radius 3 is 2.52 bits per heavy atom. The number of aliphatic carboxylic acids is 1. The van der Waals surface area contributed by atoms with Crippen molar-refractivity contribution in [3.05, 3.63) is 29.8 Å². The zero-order valence-electron chi connectivity index (χ0n) is 11.8. The molecule has 0 unspecified atom stereocenters. The van der Waals surface area contributed by atoms with Crippen molar-refractivity contribution in [1.29, 1.82) is 0 Å². The van der Waals surface area contributed by atoms with Gasteiger partial charge in [0.25, 0.3) is 0 Å². The van der Waals surface area contributed by atoms with Crippen LogP contribution in [0.4, 0.5) is 0 Å². The number of nitrogens with zero attached hydrogens (tertiary/aromatic N) is 1. The van der Waals surface area contributed by atoms with E-state index in [2.05, 4.69) is 4.74 Å². The molecule has 7 nitrogen and oxygen atoms in total. The highest BCUT2D eigenvalue weighted by Gasteiger charge is 2.24. The third kappa shape index (κ3) is 4.27. The van der Waals surface area contributed by atoms with Gasteiger partial charge in [0, 0.05) is 13.1 Å². The van der Waals surface area contributed by atoms with Gasteiger partial charge in [0.05, 0.1) is 24.0 Å². The van der Waals surface area contributed by atoms with E-state index in [4.69, 9.17) is 5.11 Å². The molecule has 0 aliphatic carbocycles. The Morgan fingerprint density at radius 1 is 1.33 bits per heavy atom. The van der Waals surface area contributed by atoms with Crippen molar-refractivity contribution < 1.29 is 27.9 Å². The highest BCUT2D eigenvalue weighted by Crippen LogP contribution is 2.18. The summed E-state index contributed by atoms with van der Waals surface area (Å²) >= 11 is 0. The second-order valence-electron chi connectivity index (χ2n) is 4.16. The van der Waals surface area contributed by atoms with E-state index in [9.17, 15) is 18.0 Å². The largest absolute Gasteiger partial charge is 0.481 e. The molecule has 0 atom stereocenters. The van der Waals surface area contributed by atoms with Gasteiger partial charge in [0.1, 0.15) is 0 Å². The second-order valence-corrected chi connectivity index (χ2v) is 6.10. The summed E-state index contributed by atoms with van der Waals surface area (Å²) in [6, 6.07) is 5.44. The van der Waals surface area contributed by atoms with Gasteiger partial charge in [-0.3, -0.25) is 4.79 Å². The molecule has 0 spiro atoms. The Balaban J connectivity index is 3.10. The van der Waals surface area contributed by atoms with E-state index >= 15 is 0 Å². The Kier molecular flexibility index (Phi) is 5.86. The maximum atomic E-state index is 12.4. The maximum Gasteiger partial charge on any atom is 0.337 e. The van der Waals surface area contributed by atoms with Crippen molar-refractivity contribution in [1.82, 2.24) is 4.31 Å². The Labute approximate surface area is 123 Å². The monoisotopic (exact) mass is 315 g/mol. The predicted molar refractivity (Wildman–Crippen MR) is 74.5 cm³/mol. The Morgan fingerprint density at radius 2 is 2.00 bits per heavy atom. The number of carbonyl (C=O) groups is 2. The first-order valence-electron chi connectivity index (χ1n) is 6.23. The number of esters is 1. The van der Waals surface area contributed by atoms with Crippen LogP contribution in [-0.2, 0) is 19.6 Å². The molecule has 1 rings (SSSR count). The topological polar surface area (TPSA) is 101 Å². The Bertz CT molecular complexity index is 625. The predicted octanol–water partition coefficient (Wildman–Crippen LogP) is 0.958. The molecule has 0 heterocycles. The molecule has 0 aliphatic rings. The molecule has 0 bridgehead atoms. The van der Waals surface area contributed by atoms with E-state index < -0.39 is 22.0 Å². The molecule has 0 radical (unpaired) electrons. The van der Waals surface area contributed by atoms with Crippen LogP contribution in [0.25, 0.3) is 0 Å². The standard InChI is InChI=1S/C13H17NO6S/c1-3-14(8-7-12(15)16)21(18,19)11-6-4-5-10(9-11)13(17)20-2/h4-6,9H,3,7-8H2,1-2H3,(H,15,16). The number of carbonyl (C=O) groups excluding carboxylic acids is 1. The Hall–Kier alpha value is -1.93. The van der Waals surface area contributed by atoms with Crippen LogP contribution >= 0.6 is 0 Å². The average molecular weight is 315 g/mol. The average Bonchev–Trinajstić information content (AvgIpc) is 2.46. The normalized spacial score (nSPS) is 11.4. The van der Waals surface area contributed by atoms with Gasteiger partial charge in [-0.1, -0.05) is 13.0 Å². The fourth-order valence-corrected chi connectivity index (χ4v) is 3.22. The van der Waals surface area contributed by atoms with Crippen LogP contribution in [0, 0.1) is 0 Å². The van der Waals surface area contributed by atoms with Crippen molar-refractivity contribution in [3.8, 4) is 0 Å². The quantitative estimate of drug-likeness (QED) is 0.752. The van der Waals surface area contributed by atoms with Crippen molar-refractivity contribution >= 4 is 22.0 Å². The second kappa shape index (κ2) is 7.19. The molecule has 0 fully saturated rings. The van der Waals surface area contributed by atoms with E-state index in [0.29, 0.717) is 0 Å². The number of sulfonamides is 1. The van der Waals surface area contributed by atoms with Gasteiger partial charge in [-0.25, -0.2) is 13.2 Å². The first-order valence-corrected chi connectivity index (χ1v) is 7.67. The molecule has 1 aromatic rings. The van der Waals surface area contributed by atoms with Crippen LogP contribution in [-0.4, -0.2) is 50.0 Å². The van der Waals surface area contributed by atoms with Crippen molar-refractivity contribution in [2.75, 3.05) is 20.2 Å². The van der Waals surface area contributed by atoms with Gasteiger partial charge < -0.3 is 9.84 Å². The first-order chi connectivity index (χ1) is 9.82. The fraction of sp³-hybridized carbons (Fsp3) is 0.385. The van der Waals surface area contributed by atoms with Crippen molar-refractivity contribution in [2.45, 2.75) is 18.2 Å². The molecular formula is C13H17NO6S. The van der Waals surface area contributed by atoms with Gasteiger partial charge in [-0.2, -0.15) is 4.31 Å². The zero-order chi connectivity index (χ0) is 16.0. The van der Waals surface area contributed by atoms with Crippen molar-refractivity contribution in [3.63, 3.8) is 0 Å². The summed E-state index contributed by atoms with van der Waals surface area (Å²) in [5.74, 6) is -1.72. The lowest BCUT2D eigenvalue weighted by Gasteiger charge is -2.19. The molecule has 116 valence electrons. The van der Waals surface area contributed by atoms with Crippen LogP contribution < -0.4 is 0 Å². The minimum Gasteiger partial charge on any atom is -0.481 e. The van der Waals surface area contributed by atoms with Crippen LogP contribution in [0.2, 0.25) is 0 Å². The molecule has 0 saturated carbocycles. The zero-order valence-corrected chi connectivity index (χ0v) is 12.6. The van der Waals surface area contributed by atoms with E-state index in [0.717, 1.165) is 4.31 Å².